The maximum absolute atomic E-state index is 15.3. The van der Waals surface area contributed by atoms with Crippen molar-refractivity contribution < 1.29 is 36.2 Å². The van der Waals surface area contributed by atoms with Crippen LogP contribution < -0.4 is 0 Å². The number of aliphatic hydroxyl groups excluding tert-OH is 1. The predicted molar refractivity (Wildman–Crippen MR) is 97.8 cm³/mol. The van der Waals surface area contributed by atoms with Crippen molar-refractivity contribution in [1.82, 2.24) is 0 Å². The van der Waals surface area contributed by atoms with Crippen LogP contribution in [0.1, 0.15) is 62.5 Å². The average molecular weight is 436 g/mol. The van der Waals surface area contributed by atoms with Crippen LogP contribution in [0.3, 0.4) is 0 Å². The molecule has 0 radical (unpaired) electrons. The maximum atomic E-state index is 15.3. The molecule has 0 saturated heterocycles. The second-order valence-corrected chi connectivity index (χ2v) is 9.27. The largest absolute Gasteiger partial charge is 0.393 e. The number of hydrogen-bond acceptors (Lipinski definition) is 2. The number of aryl methyl sites for hydroxylation is 1. The number of aliphatic hydroxyl groups is 1. The van der Waals surface area contributed by atoms with Gasteiger partial charge in [-0.3, -0.25) is 0 Å². The highest BCUT2D eigenvalue weighted by Crippen LogP contribution is 2.68. The molecule has 2 nitrogen and oxygen atoms in total. The second kappa shape index (κ2) is 7.12. The molecule has 30 heavy (non-hydrogen) atoms. The molecule has 8 heteroatoms. The average Bonchev–Trinajstić information content (AvgIpc) is 2.71. The Hall–Kier alpha value is -1.28. The van der Waals surface area contributed by atoms with E-state index in [0.717, 1.165) is 12.1 Å². The van der Waals surface area contributed by atoms with Crippen LogP contribution in [0.4, 0.5) is 26.3 Å². The van der Waals surface area contributed by atoms with Gasteiger partial charge in [0, 0.05) is 5.56 Å². The molecule has 2 bridgehead atoms. The van der Waals surface area contributed by atoms with E-state index in [4.69, 9.17) is 4.74 Å². The van der Waals surface area contributed by atoms with Gasteiger partial charge in [-0.2, -0.15) is 17.6 Å². The van der Waals surface area contributed by atoms with Crippen molar-refractivity contribution in [2.24, 2.45) is 5.92 Å². The number of benzene rings is 1. The van der Waals surface area contributed by atoms with Crippen LogP contribution in [0.5, 0.6) is 0 Å². The molecule has 0 heterocycles. The van der Waals surface area contributed by atoms with Gasteiger partial charge in [-0.15, -0.1) is 0 Å². The molecule has 1 N–H and O–H groups in total. The van der Waals surface area contributed by atoms with E-state index >= 15 is 17.6 Å². The molecule has 0 unspecified atom stereocenters. The quantitative estimate of drug-likeness (QED) is 0.616. The molecule has 1 aromatic carbocycles. The summed E-state index contributed by atoms with van der Waals surface area (Å²) in [5.74, 6) is -11.9. The molecule has 4 saturated carbocycles. The lowest BCUT2D eigenvalue weighted by molar-refractivity contribution is -0.374. The monoisotopic (exact) mass is 436 g/mol. The van der Waals surface area contributed by atoms with Crippen LogP contribution in [0.2, 0.25) is 0 Å². The van der Waals surface area contributed by atoms with Gasteiger partial charge in [-0.1, -0.05) is 12.1 Å². The topological polar surface area (TPSA) is 29.5 Å². The summed E-state index contributed by atoms with van der Waals surface area (Å²) in [6.07, 6.45) is 0.342. The summed E-state index contributed by atoms with van der Waals surface area (Å²) >= 11 is 0. The third-order valence-corrected chi connectivity index (χ3v) is 7.68. The first-order valence-electron chi connectivity index (χ1n) is 10.5. The first kappa shape index (κ1) is 21.9. The Kier molecular flexibility index (Phi) is 5.21. The van der Waals surface area contributed by atoms with Crippen LogP contribution in [-0.2, 0) is 10.2 Å². The van der Waals surface area contributed by atoms with Gasteiger partial charge in [-0.05, 0) is 69.8 Å². The van der Waals surface area contributed by atoms with E-state index in [9.17, 15) is 13.9 Å². The Balaban J connectivity index is 1.63. The third kappa shape index (κ3) is 2.85. The first-order valence-corrected chi connectivity index (χ1v) is 10.5. The fourth-order valence-corrected chi connectivity index (χ4v) is 5.57. The van der Waals surface area contributed by atoms with Crippen molar-refractivity contribution in [3.05, 3.63) is 34.9 Å². The van der Waals surface area contributed by atoms with Crippen molar-refractivity contribution in [2.45, 2.75) is 87.3 Å². The van der Waals surface area contributed by atoms with Crippen LogP contribution in [0.25, 0.3) is 0 Å². The highest BCUT2D eigenvalue weighted by atomic mass is 19.3. The van der Waals surface area contributed by atoms with E-state index in [0.29, 0.717) is 25.7 Å². The maximum Gasteiger partial charge on any atom is 0.339 e. The van der Waals surface area contributed by atoms with Crippen LogP contribution in [0, 0.1) is 24.5 Å². The number of fused-ring (bicyclic) bond motifs is 3. The predicted octanol–water partition coefficient (Wildman–Crippen LogP) is 5.68. The number of rotatable bonds is 4. The van der Waals surface area contributed by atoms with E-state index in [1.807, 2.05) is 0 Å². The summed E-state index contributed by atoms with van der Waals surface area (Å²) in [4.78, 5) is 0. The molecule has 0 amide bonds. The first-order chi connectivity index (χ1) is 14.0. The lowest BCUT2D eigenvalue weighted by atomic mass is 9.52. The SMILES string of the molecule is Cc1ccc(C23CCC(OCC4CCC(O)CC4)(CC2)C(F)(F)C3(F)F)c(F)c1F. The van der Waals surface area contributed by atoms with Gasteiger partial charge in [0.25, 0.3) is 0 Å². The summed E-state index contributed by atoms with van der Waals surface area (Å²) in [5.41, 5.74) is -5.52. The van der Waals surface area contributed by atoms with Gasteiger partial charge in [0.1, 0.15) is 5.60 Å². The number of ether oxygens (including phenoxy) is 1. The fraction of sp³-hybridized carbons (Fsp3) is 0.727. The smallest absolute Gasteiger partial charge is 0.339 e. The molecular formula is C22H26F6O2. The zero-order valence-corrected chi connectivity index (χ0v) is 16.8. The van der Waals surface area contributed by atoms with Gasteiger partial charge in [-0.25, -0.2) is 8.78 Å². The van der Waals surface area contributed by atoms with Crippen LogP contribution >= 0.6 is 0 Å². The van der Waals surface area contributed by atoms with Gasteiger partial charge < -0.3 is 9.84 Å². The van der Waals surface area contributed by atoms with Gasteiger partial charge >= 0.3 is 11.8 Å². The number of halogens is 6. The molecule has 168 valence electrons. The Bertz CT molecular complexity index is 808. The number of hydrogen-bond donors (Lipinski definition) is 1. The lowest BCUT2D eigenvalue weighted by Crippen LogP contribution is -2.75. The molecule has 1 aromatic rings. The molecule has 4 aliphatic carbocycles. The normalized spacial score (nSPS) is 37.3. The van der Waals surface area contributed by atoms with Crippen molar-refractivity contribution in [1.29, 1.82) is 0 Å². The highest BCUT2D eigenvalue weighted by molar-refractivity contribution is 5.39. The van der Waals surface area contributed by atoms with Crippen molar-refractivity contribution in [2.75, 3.05) is 6.61 Å². The Morgan fingerprint density at radius 1 is 0.900 bits per heavy atom. The zero-order chi connectivity index (χ0) is 21.9. The third-order valence-electron chi connectivity index (χ3n) is 7.68. The lowest BCUT2D eigenvalue weighted by Gasteiger charge is -2.60. The van der Waals surface area contributed by atoms with Gasteiger partial charge in [0.15, 0.2) is 11.6 Å². The van der Waals surface area contributed by atoms with Gasteiger partial charge in [0.05, 0.1) is 18.1 Å². The summed E-state index contributed by atoms with van der Waals surface area (Å²) in [7, 11) is 0. The second-order valence-electron chi connectivity index (χ2n) is 9.27. The van der Waals surface area contributed by atoms with Crippen LogP contribution in [0.15, 0.2) is 12.1 Å². The number of alkyl halides is 4. The van der Waals surface area contributed by atoms with Crippen molar-refractivity contribution in [3.8, 4) is 0 Å². The van der Waals surface area contributed by atoms with Crippen molar-refractivity contribution in [3.63, 3.8) is 0 Å². The molecular weight excluding hydrogens is 410 g/mol. The van der Waals surface area contributed by atoms with Crippen molar-refractivity contribution >= 4 is 0 Å². The summed E-state index contributed by atoms with van der Waals surface area (Å²) < 4.78 is 95.5. The Morgan fingerprint density at radius 2 is 1.50 bits per heavy atom. The molecule has 0 aromatic heterocycles. The fourth-order valence-electron chi connectivity index (χ4n) is 5.57. The zero-order valence-electron chi connectivity index (χ0n) is 16.8. The minimum Gasteiger partial charge on any atom is -0.393 e. The van der Waals surface area contributed by atoms with Crippen LogP contribution in [-0.4, -0.2) is 35.3 Å². The highest BCUT2D eigenvalue weighted by Gasteiger charge is 2.83. The summed E-state index contributed by atoms with van der Waals surface area (Å²) in [6.45, 7) is 1.22. The molecule has 5 rings (SSSR count). The van der Waals surface area contributed by atoms with E-state index in [2.05, 4.69) is 0 Å². The Labute approximate surface area is 171 Å². The van der Waals surface area contributed by atoms with E-state index in [-0.39, 0.29) is 30.9 Å². The summed E-state index contributed by atoms with van der Waals surface area (Å²) in [5, 5.41) is 9.58. The molecule has 4 fully saturated rings. The molecule has 0 spiro atoms. The minimum absolute atomic E-state index is 0.0652. The minimum atomic E-state index is -4.58. The molecule has 0 aliphatic heterocycles. The van der Waals surface area contributed by atoms with E-state index in [1.54, 1.807) is 0 Å². The standard InChI is InChI=1S/C22H26F6O2/c1-13-2-7-16(18(24)17(13)23)19-8-10-20(11-9-19,22(27,28)21(19,25)26)30-12-14-3-5-15(29)6-4-14/h2,7,14-15,29H,3-6,8-12H2,1H3. The summed E-state index contributed by atoms with van der Waals surface area (Å²) in [6, 6.07) is 2.17. The van der Waals surface area contributed by atoms with E-state index in [1.165, 1.54) is 6.92 Å². The molecule has 4 aliphatic rings. The van der Waals surface area contributed by atoms with E-state index < -0.39 is 59.0 Å². The Morgan fingerprint density at radius 3 is 2.10 bits per heavy atom. The van der Waals surface area contributed by atoms with Gasteiger partial charge in [0.2, 0.25) is 0 Å². The molecule has 0 atom stereocenters.